The molecule has 0 saturated carbocycles. The predicted octanol–water partition coefficient (Wildman–Crippen LogP) is 2.94. The molecule has 0 aromatic heterocycles. The van der Waals surface area contributed by atoms with Crippen molar-refractivity contribution >= 4 is 3.81 Å². The molecule has 0 atom stereocenters. The zero-order valence-electron chi connectivity index (χ0n) is 8.07. The molecule has 2 aromatic carbocycles. The van der Waals surface area contributed by atoms with Gasteiger partial charge in [-0.05, 0) is 0 Å². The standard InChI is InChI=1S/C13H9F.Ti/c14-13-9-5-4-8-12(13)10-11-6-2-1-3-7-11;/h1-9H;/q;+2. The molecule has 2 aromatic rings. The average Bonchev–Trinajstić information content (AvgIpc) is 2.30. The van der Waals surface area contributed by atoms with Crippen molar-refractivity contribution in [3.8, 4) is 0 Å². The van der Waals surface area contributed by atoms with Crippen molar-refractivity contribution in [1.29, 1.82) is 0 Å². The van der Waals surface area contributed by atoms with Crippen LogP contribution < -0.4 is 0 Å². The van der Waals surface area contributed by atoms with Crippen LogP contribution in [0.15, 0.2) is 54.6 Å². The van der Waals surface area contributed by atoms with Gasteiger partial charge in [0.05, 0.1) is 0 Å². The van der Waals surface area contributed by atoms with Gasteiger partial charge in [-0.15, -0.1) is 0 Å². The summed E-state index contributed by atoms with van der Waals surface area (Å²) in [4.78, 5) is 0. The van der Waals surface area contributed by atoms with Crippen molar-refractivity contribution in [2.45, 2.75) is 0 Å². The third-order valence-corrected chi connectivity index (χ3v) is 3.08. The van der Waals surface area contributed by atoms with Crippen LogP contribution >= 0.6 is 0 Å². The molecule has 0 aliphatic rings. The fraction of sp³-hybridized carbons (Fsp3) is 0. The van der Waals surface area contributed by atoms with Crippen LogP contribution in [0, 0.1) is 5.82 Å². The van der Waals surface area contributed by atoms with Crippen LogP contribution in [0.1, 0.15) is 11.1 Å². The van der Waals surface area contributed by atoms with Gasteiger partial charge in [0, 0.05) is 0 Å². The van der Waals surface area contributed by atoms with E-state index < -0.39 is 0 Å². The van der Waals surface area contributed by atoms with E-state index in [2.05, 4.69) is 0 Å². The summed E-state index contributed by atoms with van der Waals surface area (Å²) in [6.07, 6.45) is 0. The van der Waals surface area contributed by atoms with E-state index >= 15 is 0 Å². The summed E-state index contributed by atoms with van der Waals surface area (Å²) in [5.74, 6) is -0.168. The molecular weight excluding hydrogens is 223 g/mol. The second kappa shape index (κ2) is 4.65. The minimum atomic E-state index is -0.168. The maximum absolute atomic E-state index is 13.5. The van der Waals surface area contributed by atoms with E-state index in [4.69, 9.17) is 0 Å². The summed E-state index contributed by atoms with van der Waals surface area (Å²) in [6.45, 7) is 0. The Bertz CT molecular complexity index is 477. The Morgan fingerprint density at radius 1 is 0.867 bits per heavy atom. The van der Waals surface area contributed by atoms with E-state index in [1.807, 2.05) is 56.4 Å². The Kier molecular flexibility index (Phi) is 3.25. The molecule has 0 unspecified atom stereocenters. The van der Waals surface area contributed by atoms with E-state index in [1.165, 1.54) is 6.07 Å². The van der Waals surface area contributed by atoms with Crippen molar-refractivity contribution in [2.24, 2.45) is 0 Å². The Hall–Kier alpha value is -1.05. The van der Waals surface area contributed by atoms with E-state index in [1.54, 1.807) is 12.1 Å². The molecule has 15 heavy (non-hydrogen) atoms. The Morgan fingerprint density at radius 2 is 1.47 bits per heavy atom. The van der Waals surface area contributed by atoms with Crippen molar-refractivity contribution in [2.75, 3.05) is 0 Å². The van der Waals surface area contributed by atoms with Gasteiger partial charge in [0.15, 0.2) is 0 Å². The number of halogens is 1. The third-order valence-electron chi connectivity index (χ3n) is 2.21. The topological polar surface area (TPSA) is 0 Å². The van der Waals surface area contributed by atoms with Gasteiger partial charge in [-0.1, -0.05) is 0 Å². The normalized spacial score (nSPS) is 10.1. The van der Waals surface area contributed by atoms with Crippen LogP contribution in [0.3, 0.4) is 0 Å². The number of rotatable bonds is 2. The molecule has 0 bridgehead atoms. The van der Waals surface area contributed by atoms with Crippen molar-refractivity contribution in [3.63, 3.8) is 0 Å². The summed E-state index contributed by atoms with van der Waals surface area (Å²) >= 11 is 1.94. The van der Waals surface area contributed by atoms with E-state index in [0.29, 0.717) is 5.56 Å². The van der Waals surface area contributed by atoms with Gasteiger partial charge in [-0.25, -0.2) is 0 Å². The molecule has 2 rings (SSSR count). The first kappa shape index (κ1) is 10.5. The summed E-state index contributed by atoms with van der Waals surface area (Å²) in [6, 6.07) is 16.7. The Labute approximate surface area is 99.7 Å². The molecule has 0 amide bonds. The number of hydrogen-bond acceptors (Lipinski definition) is 0. The molecule has 0 heterocycles. The average molecular weight is 232 g/mol. The van der Waals surface area contributed by atoms with E-state index in [-0.39, 0.29) is 5.82 Å². The zero-order valence-corrected chi connectivity index (χ0v) is 9.64. The summed E-state index contributed by atoms with van der Waals surface area (Å²) in [7, 11) is 0. The molecule has 0 saturated heterocycles. The Balaban J connectivity index is 2.42. The first-order chi connectivity index (χ1) is 7.29. The molecule has 0 radical (unpaired) electrons. The molecule has 0 fully saturated rings. The second-order valence-corrected chi connectivity index (χ2v) is 4.00. The van der Waals surface area contributed by atoms with Crippen molar-refractivity contribution < 1.29 is 24.4 Å². The molecule has 0 aliphatic carbocycles. The van der Waals surface area contributed by atoms with Gasteiger partial charge in [-0.3, -0.25) is 0 Å². The molecule has 0 nitrogen and oxygen atoms in total. The van der Waals surface area contributed by atoms with Crippen LogP contribution in [-0.2, 0) is 20.0 Å². The molecule has 70 valence electrons. The first-order valence-electron chi connectivity index (χ1n) is 4.68. The van der Waals surface area contributed by atoms with Gasteiger partial charge in [0.25, 0.3) is 0 Å². The SMILES string of the molecule is Fc1ccccc1[C](=[Ti+2])c1ccccc1. The summed E-state index contributed by atoms with van der Waals surface area (Å²) in [5.41, 5.74) is 1.73. The van der Waals surface area contributed by atoms with Gasteiger partial charge in [0.1, 0.15) is 0 Å². The van der Waals surface area contributed by atoms with E-state index in [0.717, 1.165) is 9.37 Å². The molecule has 0 aliphatic heterocycles. The van der Waals surface area contributed by atoms with Gasteiger partial charge in [0.2, 0.25) is 0 Å². The molecule has 2 heteroatoms. The van der Waals surface area contributed by atoms with E-state index in [9.17, 15) is 4.39 Å². The molecule has 0 spiro atoms. The first-order valence-corrected chi connectivity index (χ1v) is 5.46. The summed E-state index contributed by atoms with van der Waals surface area (Å²) < 4.78 is 14.5. The zero-order chi connectivity index (χ0) is 10.7. The van der Waals surface area contributed by atoms with Crippen LogP contribution in [0.25, 0.3) is 0 Å². The molecular formula is C13H9FTi+2. The van der Waals surface area contributed by atoms with Gasteiger partial charge >= 0.3 is 99.7 Å². The van der Waals surface area contributed by atoms with Crippen LogP contribution in [0.5, 0.6) is 0 Å². The monoisotopic (exact) mass is 232 g/mol. The van der Waals surface area contributed by atoms with Crippen molar-refractivity contribution in [3.05, 3.63) is 71.5 Å². The van der Waals surface area contributed by atoms with Gasteiger partial charge in [-0.2, -0.15) is 0 Å². The van der Waals surface area contributed by atoms with Crippen LogP contribution in [-0.4, -0.2) is 3.81 Å². The summed E-state index contributed by atoms with van der Waals surface area (Å²) in [5, 5.41) is 0. The van der Waals surface area contributed by atoms with Crippen LogP contribution in [0.2, 0.25) is 0 Å². The Morgan fingerprint density at radius 3 is 2.13 bits per heavy atom. The maximum atomic E-state index is 13.5. The third kappa shape index (κ3) is 2.31. The number of benzene rings is 2. The molecule has 0 N–H and O–H groups in total. The van der Waals surface area contributed by atoms with Crippen molar-refractivity contribution in [1.82, 2.24) is 0 Å². The fourth-order valence-electron chi connectivity index (χ4n) is 1.42. The van der Waals surface area contributed by atoms with Crippen LogP contribution in [0.4, 0.5) is 4.39 Å². The minimum absolute atomic E-state index is 0.168. The predicted molar refractivity (Wildman–Crippen MR) is 56.1 cm³/mol. The fourth-order valence-corrected chi connectivity index (χ4v) is 2.00. The van der Waals surface area contributed by atoms with Gasteiger partial charge < -0.3 is 0 Å². The quantitative estimate of drug-likeness (QED) is 0.698. The second-order valence-electron chi connectivity index (χ2n) is 3.22. The number of hydrogen-bond donors (Lipinski definition) is 0.